The lowest BCUT2D eigenvalue weighted by Gasteiger charge is -2.22. The van der Waals surface area contributed by atoms with Gasteiger partial charge in [0.2, 0.25) is 5.91 Å². The van der Waals surface area contributed by atoms with Gasteiger partial charge < -0.3 is 14.9 Å². The molecule has 2 amide bonds. The molecule has 0 unspecified atom stereocenters. The van der Waals surface area contributed by atoms with E-state index in [2.05, 4.69) is 0 Å². The van der Waals surface area contributed by atoms with Crippen LogP contribution in [0.4, 0.5) is 0 Å². The molecule has 0 saturated carbocycles. The fourth-order valence-corrected chi connectivity index (χ4v) is 2.36. The lowest BCUT2D eigenvalue weighted by atomic mass is 10.3. The topological polar surface area (TPSA) is 77.9 Å². The summed E-state index contributed by atoms with van der Waals surface area (Å²) in [4.78, 5) is 38.2. The molecule has 0 aliphatic rings. The second-order valence-corrected chi connectivity index (χ2v) is 5.57. The van der Waals surface area contributed by atoms with Crippen molar-refractivity contribution in [1.29, 1.82) is 0 Å². The third kappa shape index (κ3) is 4.06. The first kappa shape index (κ1) is 16.2. The molecule has 0 aliphatic heterocycles. The van der Waals surface area contributed by atoms with Gasteiger partial charge in [-0.1, -0.05) is 6.92 Å². The van der Waals surface area contributed by atoms with Gasteiger partial charge >= 0.3 is 5.97 Å². The van der Waals surface area contributed by atoms with Crippen LogP contribution >= 0.6 is 11.3 Å². The van der Waals surface area contributed by atoms with Gasteiger partial charge in [-0.15, -0.1) is 11.3 Å². The Morgan fingerprint density at radius 3 is 2.25 bits per heavy atom. The van der Waals surface area contributed by atoms with Crippen LogP contribution in [0.2, 0.25) is 0 Å². The Hall–Kier alpha value is -1.89. The van der Waals surface area contributed by atoms with Gasteiger partial charge in [-0.3, -0.25) is 9.59 Å². The standard InChI is InChI=1S/C13H18N2O4S/c1-4-7-15(8-11(16)14(2)3)12(17)9-5-6-10(20-9)13(18)19/h5-6H,4,7-8H2,1-3H3,(H,18,19). The summed E-state index contributed by atoms with van der Waals surface area (Å²) < 4.78 is 0. The fourth-order valence-electron chi connectivity index (χ4n) is 1.55. The molecule has 1 rings (SSSR count). The number of thiophene rings is 1. The second-order valence-electron chi connectivity index (χ2n) is 4.48. The number of amides is 2. The van der Waals surface area contributed by atoms with Gasteiger partial charge in [0, 0.05) is 20.6 Å². The minimum Gasteiger partial charge on any atom is -0.477 e. The predicted molar refractivity (Wildman–Crippen MR) is 76.2 cm³/mol. The molecule has 0 atom stereocenters. The van der Waals surface area contributed by atoms with Crippen molar-refractivity contribution in [3.05, 3.63) is 21.9 Å². The Labute approximate surface area is 121 Å². The first-order valence-corrected chi connectivity index (χ1v) is 7.01. The highest BCUT2D eigenvalue weighted by Gasteiger charge is 2.21. The Morgan fingerprint density at radius 1 is 1.20 bits per heavy atom. The van der Waals surface area contributed by atoms with E-state index in [4.69, 9.17) is 5.11 Å². The normalized spacial score (nSPS) is 10.2. The van der Waals surface area contributed by atoms with Gasteiger partial charge in [-0.05, 0) is 18.6 Å². The maximum absolute atomic E-state index is 12.3. The second kappa shape index (κ2) is 7.04. The van der Waals surface area contributed by atoms with Gasteiger partial charge in [-0.25, -0.2) is 4.79 Å². The number of likely N-dealkylation sites (N-methyl/N-ethyl adjacent to an activating group) is 1. The maximum Gasteiger partial charge on any atom is 0.345 e. The summed E-state index contributed by atoms with van der Waals surface area (Å²) in [7, 11) is 3.26. The molecule has 20 heavy (non-hydrogen) atoms. The van der Waals surface area contributed by atoms with Crippen molar-refractivity contribution < 1.29 is 19.5 Å². The summed E-state index contributed by atoms with van der Waals surface area (Å²) in [5, 5.41) is 8.86. The smallest absolute Gasteiger partial charge is 0.345 e. The van der Waals surface area contributed by atoms with E-state index in [1.54, 1.807) is 14.1 Å². The molecule has 1 aromatic heterocycles. The highest BCUT2D eigenvalue weighted by molar-refractivity contribution is 7.15. The zero-order valence-electron chi connectivity index (χ0n) is 11.8. The van der Waals surface area contributed by atoms with Gasteiger partial charge in [0.15, 0.2) is 0 Å². The third-order valence-corrected chi connectivity index (χ3v) is 3.69. The summed E-state index contributed by atoms with van der Waals surface area (Å²) in [6, 6.07) is 2.89. The van der Waals surface area contributed by atoms with Crippen molar-refractivity contribution in [2.24, 2.45) is 0 Å². The van der Waals surface area contributed by atoms with Gasteiger partial charge in [0.1, 0.15) is 11.4 Å². The molecule has 0 aliphatic carbocycles. The van der Waals surface area contributed by atoms with E-state index < -0.39 is 5.97 Å². The number of nitrogens with zero attached hydrogens (tertiary/aromatic N) is 2. The van der Waals surface area contributed by atoms with E-state index in [-0.39, 0.29) is 23.2 Å². The van der Waals surface area contributed by atoms with Crippen LogP contribution in [0.25, 0.3) is 0 Å². The highest BCUT2D eigenvalue weighted by Crippen LogP contribution is 2.18. The number of carbonyl (C=O) groups is 3. The average Bonchev–Trinajstić information content (AvgIpc) is 2.86. The minimum atomic E-state index is -1.06. The lowest BCUT2D eigenvalue weighted by molar-refractivity contribution is -0.129. The number of aromatic carboxylic acids is 1. The largest absolute Gasteiger partial charge is 0.477 e. The van der Waals surface area contributed by atoms with Crippen molar-refractivity contribution in [1.82, 2.24) is 9.80 Å². The lowest BCUT2D eigenvalue weighted by Crippen LogP contribution is -2.40. The van der Waals surface area contributed by atoms with Gasteiger partial charge in [-0.2, -0.15) is 0 Å². The molecule has 6 nitrogen and oxygen atoms in total. The third-order valence-electron chi connectivity index (χ3n) is 2.63. The van der Waals surface area contributed by atoms with Gasteiger partial charge in [0.25, 0.3) is 5.91 Å². The molecule has 1 N–H and O–H groups in total. The van der Waals surface area contributed by atoms with Crippen LogP contribution < -0.4 is 0 Å². The molecule has 1 heterocycles. The molecule has 0 bridgehead atoms. The van der Waals surface area contributed by atoms with Crippen LogP contribution in [-0.2, 0) is 4.79 Å². The Morgan fingerprint density at radius 2 is 1.80 bits per heavy atom. The van der Waals surface area contributed by atoms with Crippen LogP contribution in [0.3, 0.4) is 0 Å². The van der Waals surface area contributed by atoms with Crippen molar-refractivity contribution >= 4 is 29.1 Å². The highest BCUT2D eigenvalue weighted by atomic mass is 32.1. The Kier molecular flexibility index (Phi) is 5.69. The number of rotatable bonds is 6. The molecule has 0 spiro atoms. The average molecular weight is 298 g/mol. The first-order chi connectivity index (χ1) is 9.36. The molecule has 7 heteroatoms. The van der Waals surface area contributed by atoms with Crippen molar-refractivity contribution in [2.45, 2.75) is 13.3 Å². The van der Waals surface area contributed by atoms with Crippen LogP contribution in [-0.4, -0.2) is 59.9 Å². The Balaban J connectivity index is 2.87. The SMILES string of the molecule is CCCN(CC(=O)N(C)C)C(=O)c1ccc(C(=O)O)s1. The maximum atomic E-state index is 12.3. The number of hydrogen-bond acceptors (Lipinski definition) is 4. The van der Waals surface area contributed by atoms with E-state index in [0.29, 0.717) is 11.4 Å². The van der Waals surface area contributed by atoms with Crippen LogP contribution in [0.1, 0.15) is 32.7 Å². The van der Waals surface area contributed by atoms with E-state index >= 15 is 0 Å². The summed E-state index contributed by atoms with van der Waals surface area (Å²) >= 11 is 0.923. The van der Waals surface area contributed by atoms with E-state index in [1.807, 2.05) is 6.92 Å². The van der Waals surface area contributed by atoms with Crippen LogP contribution in [0.5, 0.6) is 0 Å². The molecule has 0 radical (unpaired) electrons. The van der Waals surface area contributed by atoms with Crippen LogP contribution in [0, 0.1) is 0 Å². The molecule has 0 aromatic carbocycles. The number of carboxylic acids is 1. The number of carboxylic acid groups (broad SMARTS) is 1. The van der Waals surface area contributed by atoms with Crippen LogP contribution in [0.15, 0.2) is 12.1 Å². The zero-order valence-corrected chi connectivity index (χ0v) is 12.6. The predicted octanol–water partition coefficient (Wildman–Crippen LogP) is 1.39. The number of hydrogen-bond donors (Lipinski definition) is 1. The van der Waals surface area contributed by atoms with E-state index in [1.165, 1.54) is 21.9 Å². The number of carbonyl (C=O) groups excluding carboxylic acids is 2. The summed E-state index contributed by atoms with van der Waals surface area (Å²) in [5.74, 6) is -1.53. The van der Waals surface area contributed by atoms with Gasteiger partial charge in [0.05, 0.1) is 4.88 Å². The monoisotopic (exact) mass is 298 g/mol. The summed E-state index contributed by atoms with van der Waals surface area (Å²) in [6.45, 7) is 2.37. The zero-order chi connectivity index (χ0) is 15.3. The Bertz CT molecular complexity index is 510. The fraction of sp³-hybridized carbons (Fsp3) is 0.462. The minimum absolute atomic E-state index is 0.0000217. The van der Waals surface area contributed by atoms with Crippen molar-refractivity contribution in [3.8, 4) is 0 Å². The molecule has 0 fully saturated rings. The molecule has 0 saturated heterocycles. The van der Waals surface area contributed by atoms with E-state index in [9.17, 15) is 14.4 Å². The summed E-state index contributed by atoms with van der Waals surface area (Å²) in [6.07, 6.45) is 0.726. The molecule has 1 aromatic rings. The van der Waals surface area contributed by atoms with Crippen molar-refractivity contribution in [3.63, 3.8) is 0 Å². The molecular weight excluding hydrogens is 280 g/mol. The summed E-state index contributed by atoms with van der Waals surface area (Å²) in [5.41, 5.74) is 0. The quantitative estimate of drug-likeness (QED) is 0.861. The molecule has 110 valence electrons. The van der Waals surface area contributed by atoms with Crippen molar-refractivity contribution in [2.75, 3.05) is 27.2 Å². The molecular formula is C13H18N2O4S. The van der Waals surface area contributed by atoms with E-state index in [0.717, 1.165) is 17.8 Å². The first-order valence-electron chi connectivity index (χ1n) is 6.19.